The number of aliphatic carboxylic acids is 1. The van der Waals surface area contributed by atoms with E-state index in [2.05, 4.69) is 0 Å². The van der Waals surface area contributed by atoms with Crippen molar-refractivity contribution >= 4 is 17.8 Å². The molecule has 2 amide bonds. The van der Waals surface area contributed by atoms with Gasteiger partial charge in [0.2, 0.25) is 11.8 Å². The van der Waals surface area contributed by atoms with Crippen LogP contribution in [0, 0.1) is 17.8 Å². The molecule has 0 spiro atoms. The van der Waals surface area contributed by atoms with Gasteiger partial charge in [-0.25, -0.2) is 4.79 Å². The summed E-state index contributed by atoms with van der Waals surface area (Å²) < 4.78 is 0. The molecule has 104 valence electrons. The van der Waals surface area contributed by atoms with Crippen LogP contribution in [0.2, 0.25) is 0 Å². The third-order valence-electron chi connectivity index (χ3n) is 3.83. The minimum absolute atomic E-state index is 0.113. The second-order valence-electron chi connectivity index (χ2n) is 5.69. The number of hydrogen-bond donors (Lipinski definition) is 1. The monoisotopic (exact) mass is 265 g/mol. The Morgan fingerprint density at radius 3 is 2.11 bits per heavy atom. The number of imide groups is 1. The minimum atomic E-state index is -1.10. The second-order valence-corrected chi connectivity index (χ2v) is 5.69. The van der Waals surface area contributed by atoms with Gasteiger partial charge in [0.25, 0.3) is 0 Å². The molecule has 2 aliphatic rings. The van der Waals surface area contributed by atoms with Crippen molar-refractivity contribution in [1.82, 2.24) is 4.90 Å². The first-order chi connectivity index (χ1) is 8.93. The van der Waals surface area contributed by atoms with Gasteiger partial charge in [-0.15, -0.1) is 0 Å². The first kappa shape index (κ1) is 13.8. The number of carboxylic acid groups (broad SMARTS) is 1. The molecule has 19 heavy (non-hydrogen) atoms. The van der Waals surface area contributed by atoms with Crippen molar-refractivity contribution in [2.75, 3.05) is 0 Å². The summed E-state index contributed by atoms with van der Waals surface area (Å²) in [5, 5.41) is 9.29. The molecule has 0 saturated carbocycles. The summed E-state index contributed by atoms with van der Waals surface area (Å²) in [7, 11) is 0. The minimum Gasteiger partial charge on any atom is -0.480 e. The first-order valence-electron chi connectivity index (χ1n) is 6.68. The van der Waals surface area contributed by atoms with Crippen molar-refractivity contribution in [3.8, 4) is 0 Å². The zero-order chi connectivity index (χ0) is 14.2. The highest BCUT2D eigenvalue weighted by atomic mass is 16.4. The van der Waals surface area contributed by atoms with Gasteiger partial charge in [-0.05, 0) is 25.2 Å². The van der Waals surface area contributed by atoms with E-state index in [4.69, 9.17) is 0 Å². The van der Waals surface area contributed by atoms with E-state index in [1.165, 1.54) is 0 Å². The molecule has 0 aromatic rings. The van der Waals surface area contributed by atoms with Crippen molar-refractivity contribution in [2.45, 2.75) is 39.2 Å². The first-order valence-corrected chi connectivity index (χ1v) is 6.68. The van der Waals surface area contributed by atoms with E-state index in [-0.39, 0.29) is 29.6 Å². The molecule has 3 atom stereocenters. The zero-order valence-corrected chi connectivity index (χ0v) is 11.2. The predicted molar refractivity (Wildman–Crippen MR) is 68.1 cm³/mol. The maximum atomic E-state index is 12.3. The van der Waals surface area contributed by atoms with Crippen LogP contribution in [0.1, 0.15) is 33.1 Å². The summed E-state index contributed by atoms with van der Waals surface area (Å²) in [4.78, 5) is 36.9. The van der Waals surface area contributed by atoms with Gasteiger partial charge in [-0.3, -0.25) is 14.5 Å². The molecule has 0 unspecified atom stereocenters. The summed E-state index contributed by atoms with van der Waals surface area (Å²) >= 11 is 0. The van der Waals surface area contributed by atoms with Crippen LogP contribution in [0.25, 0.3) is 0 Å². The van der Waals surface area contributed by atoms with E-state index < -0.39 is 12.0 Å². The topological polar surface area (TPSA) is 74.7 Å². The van der Waals surface area contributed by atoms with Crippen LogP contribution in [-0.4, -0.2) is 33.8 Å². The molecule has 0 aromatic carbocycles. The van der Waals surface area contributed by atoms with Crippen molar-refractivity contribution < 1.29 is 19.5 Å². The van der Waals surface area contributed by atoms with E-state index >= 15 is 0 Å². The molecular weight excluding hydrogens is 246 g/mol. The average molecular weight is 265 g/mol. The van der Waals surface area contributed by atoms with Crippen LogP contribution in [0.15, 0.2) is 12.2 Å². The van der Waals surface area contributed by atoms with Crippen LogP contribution in [0.5, 0.6) is 0 Å². The Hall–Kier alpha value is -1.65. The standard InChI is InChI=1S/C14H19NO4/c1-8(2)7-11(14(18)19)15-12(16)9-5-3-4-6-10(9)13(15)17/h3-4,8-11H,5-7H2,1-2H3,(H,18,19)/t9-,10+,11-/m0/s1. The quantitative estimate of drug-likeness (QED) is 0.616. The molecule has 5 nitrogen and oxygen atoms in total. The van der Waals surface area contributed by atoms with Crippen molar-refractivity contribution in [2.24, 2.45) is 17.8 Å². The average Bonchev–Trinajstić information content (AvgIpc) is 2.60. The van der Waals surface area contributed by atoms with E-state index in [1.807, 2.05) is 26.0 Å². The highest BCUT2D eigenvalue weighted by Gasteiger charge is 2.51. The molecule has 1 saturated heterocycles. The third-order valence-corrected chi connectivity index (χ3v) is 3.83. The summed E-state index contributed by atoms with van der Waals surface area (Å²) in [6.45, 7) is 3.77. The maximum Gasteiger partial charge on any atom is 0.326 e. The molecule has 1 aliphatic heterocycles. The number of carbonyl (C=O) groups is 3. The zero-order valence-electron chi connectivity index (χ0n) is 11.2. The van der Waals surface area contributed by atoms with Crippen molar-refractivity contribution in [1.29, 1.82) is 0 Å². The molecule has 0 bridgehead atoms. The van der Waals surface area contributed by atoms with Crippen molar-refractivity contribution in [3.05, 3.63) is 12.2 Å². The molecule has 0 radical (unpaired) electrons. The van der Waals surface area contributed by atoms with Gasteiger partial charge in [0, 0.05) is 0 Å². The van der Waals surface area contributed by atoms with Gasteiger partial charge in [-0.2, -0.15) is 0 Å². The van der Waals surface area contributed by atoms with Crippen LogP contribution in [-0.2, 0) is 14.4 Å². The fraction of sp³-hybridized carbons (Fsp3) is 0.643. The predicted octanol–water partition coefficient (Wildman–Crippen LogP) is 1.44. The molecule has 0 aromatic heterocycles. The van der Waals surface area contributed by atoms with Gasteiger partial charge in [0.15, 0.2) is 0 Å². The lowest BCUT2D eigenvalue weighted by Crippen LogP contribution is -2.46. The number of hydrogen-bond acceptors (Lipinski definition) is 3. The summed E-state index contributed by atoms with van der Waals surface area (Å²) in [6.07, 6.45) is 5.18. The van der Waals surface area contributed by atoms with Gasteiger partial charge in [0.05, 0.1) is 11.8 Å². The van der Waals surface area contributed by atoms with Crippen LogP contribution >= 0.6 is 0 Å². The molecule has 5 heteroatoms. The van der Waals surface area contributed by atoms with Gasteiger partial charge >= 0.3 is 5.97 Å². The van der Waals surface area contributed by atoms with E-state index in [1.54, 1.807) is 0 Å². The summed E-state index contributed by atoms with van der Waals surface area (Å²) in [6, 6.07) is -1.02. The lowest BCUT2D eigenvalue weighted by molar-refractivity contribution is -0.155. The lowest BCUT2D eigenvalue weighted by atomic mass is 9.85. The number of amides is 2. The SMILES string of the molecule is CC(C)C[C@@H](C(=O)O)N1C(=O)[C@H]2CC=CC[C@H]2C1=O. The van der Waals surface area contributed by atoms with Crippen LogP contribution in [0.4, 0.5) is 0 Å². The number of carbonyl (C=O) groups excluding carboxylic acids is 2. The Labute approximate surface area is 112 Å². The van der Waals surface area contributed by atoms with Crippen LogP contribution < -0.4 is 0 Å². The molecular formula is C14H19NO4. The smallest absolute Gasteiger partial charge is 0.326 e. The van der Waals surface area contributed by atoms with Gasteiger partial charge in [0.1, 0.15) is 6.04 Å². The second kappa shape index (κ2) is 5.15. The van der Waals surface area contributed by atoms with E-state index in [9.17, 15) is 19.5 Å². The fourth-order valence-electron chi connectivity index (χ4n) is 2.90. The fourth-order valence-corrected chi connectivity index (χ4v) is 2.90. The molecule has 1 N–H and O–H groups in total. The molecule has 1 aliphatic carbocycles. The van der Waals surface area contributed by atoms with Gasteiger partial charge < -0.3 is 5.11 Å². The molecule has 2 rings (SSSR count). The maximum absolute atomic E-state index is 12.3. The molecule has 1 heterocycles. The highest BCUT2D eigenvalue weighted by molar-refractivity contribution is 6.07. The van der Waals surface area contributed by atoms with Gasteiger partial charge in [-0.1, -0.05) is 26.0 Å². The highest BCUT2D eigenvalue weighted by Crippen LogP contribution is 2.36. The Balaban J connectivity index is 2.26. The Kier molecular flexibility index (Phi) is 3.73. The number of carboxylic acids is 1. The number of rotatable bonds is 4. The van der Waals surface area contributed by atoms with E-state index in [0.29, 0.717) is 19.3 Å². The Bertz CT molecular complexity index is 415. The summed E-state index contributed by atoms with van der Waals surface area (Å²) in [5.74, 6) is -2.32. The number of likely N-dealkylation sites (tertiary alicyclic amines) is 1. The normalized spacial score (nSPS) is 27.8. The molecule has 1 fully saturated rings. The van der Waals surface area contributed by atoms with Crippen LogP contribution in [0.3, 0.4) is 0 Å². The summed E-state index contributed by atoms with van der Waals surface area (Å²) in [5.41, 5.74) is 0. The Morgan fingerprint density at radius 2 is 1.74 bits per heavy atom. The third kappa shape index (κ3) is 2.41. The Morgan fingerprint density at radius 1 is 1.26 bits per heavy atom. The number of fused-ring (bicyclic) bond motifs is 1. The lowest BCUT2D eigenvalue weighted by Gasteiger charge is -2.24. The largest absolute Gasteiger partial charge is 0.480 e. The van der Waals surface area contributed by atoms with E-state index in [0.717, 1.165) is 4.90 Å². The number of allylic oxidation sites excluding steroid dienone is 2. The van der Waals surface area contributed by atoms with Crippen molar-refractivity contribution in [3.63, 3.8) is 0 Å². The number of nitrogens with zero attached hydrogens (tertiary/aromatic N) is 1.